The number of alkyl carbamates (subject to hydrolysis) is 1. The van der Waals surface area contributed by atoms with Crippen molar-refractivity contribution < 1.29 is 22.7 Å². The number of nitrogens with one attached hydrogen (secondary N) is 2. The lowest BCUT2D eigenvalue weighted by Crippen LogP contribution is -2.42. The van der Waals surface area contributed by atoms with Crippen LogP contribution in [0.1, 0.15) is 38.8 Å². The molecule has 7 heteroatoms. The van der Waals surface area contributed by atoms with Gasteiger partial charge in [-0.25, -0.2) is 4.79 Å². The van der Waals surface area contributed by atoms with Crippen LogP contribution >= 0.6 is 0 Å². The van der Waals surface area contributed by atoms with Gasteiger partial charge in [-0.2, -0.15) is 13.2 Å². The van der Waals surface area contributed by atoms with E-state index in [1.165, 1.54) is 12.1 Å². The molecule has 1 atom stereocenters. The molecule has 0 bridgehead atoms. The highest BCUT2D eigenvalue weighted by Gasteiger charge is 2.29. The molecule has 0 heterocycles. The first-order valence-electron chi connectivity index (χ1n) is 7.34. The highest BCUT2D eigenvalue weighted by molar-refractivity contribution is 5.68. The van der Waals surface area contributed by atoms with Gasteiger partial charge < -0.3 is 15.4 Å². The van der Waals surface area contributed by atoms with Crippen LogP contribution in [0, 0.1) is 0 Å². The molecule has 0 aliphatic rings. The van der Waals surface area contributed by atoms with Gasteiger partial charge in [-0.05, 0) is 45.4 Å². The van der Waals surface area contributed by atoms with Gasteiger partial charge in [0.15, 0.2) is 0 Å². The number of carbonyl (C=O) groups is 1. The van der Waals surface area contributed by atoms with E-state index in [2.05, 4.69) is 10.6 Å². The summed E-state index contributed by atoms with van der Waals surface area (Å²) >= 11 is 0. The summed E-state index contributed by atoms with van der Waals surface area (Å²) in [5, 5.41) is 5.76. The number of hydrogen-bond acceptors (Lipinski definition) is 3. The van der Waals surface area contributed by atoms with E-state index in [9.17, 15) is 18.0 Å². The Kier molecular flexibility index (Phi) is 6.44. The third kappa shape index (κ3) is 7.88. The van der Waals surface area contributed by atoms with Crippen LogP contribution < -0.4 is 10.6 Å². The Bertz CT molecular complexity index is 508. The first-order chi connectivity index (χ1) is 10.5. The van der Waals surface area contributed by atoms with Gasteiger partial charge in [0.2, 0.25) is 0 Å². The summed E-state index contributed by atoms with van der Waals surface area (Å²) in [6.07, 6.45) is -4.82. The lowest BCUT2D eigenvalue weighted by atomic mass is 10.1. The summed E-state index contributed by atoms with van der Waals surface area (Å²) in [7, 11) is 0. The Morgan fingerprint density at radius 2 is 1.74 bits per heavy atom. The van der Waals surface area contributed by atoms with Crippen LogP contribution in [0.3, 0.4) is 0 Å². The van der Waals surface area contributed by atoms with E-state index in [4.69, 9.17) is 4.74 Å². The highest BCUT2D eigenvalue weighted by Crippen LogP contribution is 2.28. The minimum Gasteiger partial charge on any atom is -0.444 e. The van der Waals surface area contributed by atoms with E-state index in [0.29, 0.717) is 13.1 Å². The lowest BCUT2D eigenvalue weighted by molar-refractivity contribution is -0.137. The molecule has 2 N–H and O–H groups in total. The molecule has 0 fully saturated rings. The van der Waals surface area contributed by atoms with Crippen molar-refractivity contribution in [1.82, 2.24) is 10.6 Å². The summed E-state index contributed by atoms with van der Waals surface area (Å²) in [5.74, 6) is 0. The average Bonchev–Trinajstić information content (AvgIpc) is 2.35. The van der Waals surface area contributed by atoms with Crippen LogP contribution in [0.4, 0.5) is 18.0 Å². The van der Waals surface area contributed by atoms with Gasteiger partial charge in [-0.1, -0.05) is 12.1 Å². The van der Waals surface area contributed by atoms with E-state index in [-0.39, 0.29) is 6.04 Å². The fraction of sp³-hybridized carbons (Fsp3) is 0.562. The number of rotatable bonds is 5. The monoisotopic (exact) mass is 332 g/mol. The second-order valence-corrected chi connectivity index (χ2v) is 6.37. The largest absolute Gasteiger partial charge is 0.444 e. The van der Waals surface area contributed by atoms with Gasteiger partial charge in [0.05, 0.1) is 5.56 Å². The zero-order chi connectivity index (χ0) is 17.7. The summed E-state index contributed by atoms with van der Waals surface area (Å²) in [6.45, 7) is 8.03. The minimum absolute atomic E-state index is 0.167. The first-order valence-corrected chi connectivity index (χ1v) is 7.34. The van der Waals surface area contributed by atoms with Crippen LogP contribution in [-0.2, 0) is 17.5 Å². The Hall–Kier alpha value is -1.76. The van der Waals surface area contributed by atoms with Crippen LogP contribution in [0.2, 0.25) is 0 Å². The molecule has 0 spiro atoms. The summed E-state index contributed by atoms with van der Waals surface area (Å²) in [5.41, 5.74) is -0.485. The van der Waals surface area contributed by atoms with Crippen molar-refractivity contribution in [2.75, 3.05) is 6.54 Å². The van der Waals surface area contributed by atoms with Gasteiger partial charge in [0.1, 0.15) is 5.60 Å². The van der Waals surface area contributed by atoms with Gasteiger partial charge in [0, 0.05) is 19.1 Å². The quantitative estimate of drug-likeness (QED) is 0.864. The molecule has 0 aromatic heterocycles. The predicted octanol–water partition coefficient (Wildman–Crippen LogP) is 3.71. The van der Waals surface area contributed by atoms with Crippen LogP contribution in [0.5, 0.6) is 0 Å². The minimum atomic E-state index is -4.32. The summed E-state index contributed by atoms with van der Waals surface area (Å²) in [4.78, 5) is 11.6. The van der Waals surface area contributed by atoms with Crippen LogP contribution in [-0.4, -0.2) is 24.3 Å². The molecule has 0 saturated carbocycles. The third-order valence-corrected chi connectivity index (χ3v) is 2.82. The topological polar surface area (TPSA) is 50.4 Å². The van der Waals surface area contributed by atoms with Crippen molar-refractivity contribution >= 4 is 6.09 Å². The standard InChI is InChI=1S/C16H23F3N2O2/c1-11(21-14(22)23-15(2,3)4)9-20-10-12-5-7-13(8-6-12)16(17,18)19/h5-8,11,20H,9-10H2,1-4H3,(H,21,22). The molecule has 1 aromatic carbocycles. The number of benzene rings is 1. The van der Waals surface area contributed by atoms with Gasteiger partial charge in [-0.15, -0.1) is 0 Å². The maximum atomic E-state index is 12.4. The lowest BCUT2D eigenvalue weighted by Gasteiger charge is -2.22. The third-order valence-electron chi connectivity index (χ3n) is 2.82. The van der Waals surface area contributed by atoms with E-state index < -0.39 is 23.4 Å². The SMILES string of the molecule is CC(CNCc1ccc(C(F)(F)F)cc1)NC(=O)OC(C)(C)C. The first kappa shape index (κ1) is 19.3. The van der Waals surface area contributed by atoms with E-state index in [1.54, 1.807) is 20.8 Å². The highest BCUT2D eigenvalue weighted by atomic mass is 19.4. The van der Waals surface area contributed by atoms with Gasteiger partial charge in [-0.3, -0.25) is 0 Å². The maximum absolute atomic E-state index is 12.4. The Balaban J connectivity index is 2.35. The number of hydrogen-bond donors (Lipinski definition) is 2. The fourth-order valence-corrected chi connectivity index (χ4v) is 1.80. The van der Waals surface area contributed by atoms with Crippen molar-refractivity contribution in [2.24, 2.45) is 0 Å². The molecular formula is C16H23F3N2O2. The molecule has 1 aromatic rings. The molecule has 23 heavy (non-hydrogen) atoms. The van der Waals surface area contributed by atoms with Crippen LogP contribution in [0.25, 0.3) is 0 Å². The number of carbonyl (C=O) groups excluding carboxylic acids is 1. The van der Waals surface area contributed by atoms with Crippen molar-refractivity contribution in [1.29, 1.82) is 0 Å². The smallest absolute Gasteiger partial charge is 0.416 e. The van der Waals surface area contributed by atoms with E-state index >= 15 is 0 Å². The summed E-state index contributed by atoms with van der Waals surface area (Å²) < 4.78 is 42.5. The molecule has 1 amide bonds. The maximum Gasteiger partial charge on any atom is 0.416 e. The Morgan fingerprint density at radius 3 is 2.22 bits per heavy atom. The average molecular weight is 332 g/mol. The van der Waals surface area contributed by atoms with Crippen molar-refractivity contribution in [2.45, 2.75) is 52.1 Å². The zero-order valence-electron chi connectivity index (χ0n) is 13.8. The molecule has 0 aliphatic heterocycles. The van der Waals surface area contributed by atoms with E-state index in [1.807, 2.05) is 6.92 Å². The summed E-state index contributed by atoms with van der Waals surface area (Å²) in [6, 6.07) is 4.81. The zero-order valence-corrected chi connectivity index (χ0v) is 13.8. The predicted molar refractivity (Wildman–Crippen MR) is 82.0 cm³/mol. The second kappa shape index (κ2) is 7.68. The Labute approximate surface area is 134 Å². The molecule has 130 valence electrons. The van der Waals surface area contributed by atoms with Crippen molar-refractivity contribution in [3.63, 3.8) is 0 Å². The number of amides is 1. The number of halogens is 3. The molecule has 4 nitrogen and oxygen atoms in total. The normalized spacial score (nSPS) is 13.5. The van der Waals surface area contributed by atoms with Crippen molar-refractivity contribution in [3.8, 4) is 0 Å². The van der Waals surface area contributed by atoms with Crippen LogP contribution in [0.15, 0.2) is 24.3 Å². The number of alkyl halides is 3. The molecule has 1 unspecified atom stereocenters. The van der Waals surface area contributed by atoms with Gasteiger partial charge >= 0.3 is 12.3 Å². The molecule has 1 rings (SSSR count). The molecule has 0 aliphatic carbocycles. The molecule has 0 saturated heterocycles. The molecule has 0 radical (unpaired) electrons. The Morgan fingerprint density at radius 1 is 1.17 bits per heavy atom. The molecular weight excluding hydrogens is 309 g/mol. The van der Waals surface area contributed by atoms with E-state index in [0.717, 1.165) is 17.7 Å². The number of ether oxygens (including phenoxy) is 1. The van der Waals surface area contributed by atoms with Gasteiger partial charge in [0.25, 0.3) is 0 Å². The van der Waals surface area contributed by atoms with Crippen molar-refractivity contribution in [3.05, 3.63) is 35.4 Å². The second-order valence-electron chi connectivity index (χ2n) is 6.37. The fourth-order valence-electron chi connectivity index (χ4n) is 1.80.